The Kier molecular flexibility index (Phi) is 3.11. The molecular weight excluding hydrogens is 244 g/mol. The van der Waals surface area contributed by atoms with E-state index in [1.807, 2.05) is 0 Å². The van der Waals surface area contributed by atoms with Crippen LogP contribution in [-0.4, -0.2) is 21.5 Å². The van der Waals surface area contributed by atoms with Gasteiger partial charge in [0.25, 0.3) is 9.05 Å². The molecule has 0 atom stereocenters. The van der Waals surface area contributed by atoms with Crippen molar-refractivity contribution in [2.75, 3.05) is 7.11 Å². The number of hydrogen-bond acceptors (Lipinski definition) is 5. The first-order valence-corrected chi connectivity index (χ1v) is 6.23. The predicted octanol–water partition coefficient (Wildman–Crippen LogP) is 1.61. The van der Waals surface area contributed by atoms with Crippen LogP contribution in [0.3, 0.4) is 0 Å². The lowest BCUT2D eigenvalue weighted by Crippen LogP contribution is -2.03. The number of aryl methyl sites for hydroxylation is 1. The van der Waals surface area contributed by atoms with Gasteiger partial charge >= 0.3 is 5.97 Å². The summed E-state index contributed by atoms with van der Waals surface area (Å²) in [5.41, 5.74) is 0.256. The highest BCUT2D eigenvalue weighted by Gasteiger charge is 2.27. The summed E-state index contributed by atoms with van der Waals surface area (Å²) in [6, 6.07) is 0. The lowest BCUT2D eigenvalue weighted by Gasteiger charge is -1.97. The summed E-state index contributed by atoms with van der Waals surface area (Å²) in [4.78, 5) is 11.3. The van der Waals surface area contributed by atoms with E-state index in [0.717, 1.165) is 0 Å². The van der Waals surface area contributed by atoms with Gasteiger partial charge in [0.05, 0.1) is 7.11 Å². The maximum atomic E-state index is 11.3. The molecule has 0 radical (unpaired) electrons. The Bertz CT molecular complexity index is 499. The third-order valence-electron chi connectivity index (χ3n) is 1.89. The Morgan fingerprint density at radius 3 is 2.27 bits per heavy atom. The standard InChI is InChI=1S/C8H9ClO5S/c1-4-6(7(10)13-3)5(2)14-8(4)15(9,11)12/h1-3H3. The molecule has 0 saturated heterocycles. The molecule has 15 heavy (non-hydrogen) atoms. The van der Waals surface area contributed by atoms with Gasteiger partial charge in [0.2, 0.25) is 5.09 Å². The first kappa shape index (κ1) is 12.1. The van der Waals surface area contributed by atoms with Crippen molar-refractivity contribution in [3.05, 3.63) is 16.9 Å². The molecule has 0 aliphatic rings. The van der Waals surface area contributed by atoms with Crippen LogP contribution >= 0.6 is 10.7 Å². The monoisotopic (exact) mass is 252 g/mol. The molecule has 0 bridgehead atoms. The molecule has 5 nitrogen and oxygen atoms in total. The summed E-state index contributed by atoms with van der Waals surface area (Å²) in [5, 5.41) is -0.415. The minimum atomic E-state index is -3.98. The Morgan fingerprint density at radius 2 is 1.93 bits per heavy atom. The first-order chi connectivity index (χ1) is 6.79. The minimum Gasteiger partial charge on any atom is -0.465 e. The zero-order valence-corrected chi connectivity index (χ0v) is 9.90. The number of methoxy groups -OCH3 is 1. The molecule has 0 aliphatic heterocycles. The first-order valence-electron chi connectivity index (χ1n) is 3.92. The molecule has 0 aliphatic carbocycles. The summed E-state index contributed by atoms with van der Waals surface area (Å²) in [7, 11) is 2.34. The zero-order valence-electron chi connectivity index (χ0n) is 8.33. The van der Waals surface area contributed by atoms with Crippen molar-refractivity contribution in [2.24, 2.45) is 0 Å². The van der Waals surface area contributed by atoms with Gasteiger partial charge in [-0.15, -0.1) is 0 Å². The van der Waals surface area contributed by atoms with Crippen molar-refractivity contribution in [1.29, 1.82) is 0 Å². The molecule has 7 heteroatoms. The number of rotatable bonds is 2. The number of halogens is 1. The van der Waals surface area contributed by atoms with Crippen molar-refractivity contribution in [1.82, 2.24) is 0 Å². The molecule has 0 aromatic carbocycles. The summed E-state index contributed by atoms with van der Waals surface area (Å²) in [5.74, 6) is -0.487. The Balaban J connectivity index is 3.47. The van der Waals surface area contributed by atoms with Gasteiger partial charge in [-0.1, -0.05) is 0 Å². The second-order valence-corrected chi connectivity index (χ2v) is 5.34. The SMILES string of the molecule is COC(=O)c1c(C)oc(S(=O)(=O)Cl)c1C. The Morgan fingerprint density at radius 1 is 1.40 bits per heavy atom. The van der Waals surface area contributed by atoms with E-state index in [9.17, 15) is 13.2 Å². The van der Waals surface area contributed by atoms with Crippen LogP contribution in [0, 0.1) is 13.8 Å². The van der Waals surface area contributed by atoms with Crippen molar-refractivity contribution in [2.45, 2.75) is 18.9 Å². The number of furan rings is 1. The number of carbonyl (C=O) groups is 1. The van der Waals surface area contributed by atoms with Crippen LogP contribution in [0.2, 0.25) is 0 Å². The molecule has 0 saturated carbocycles. The number of esters is 1. The molecule has 1 aromatic heterocycles. The van der Waals surface area contributed by atoms with E-state index in [0.29, 0.717) is 0 Å². The van der Waals surface area contributed by atoms with Crippen molar-refractivity contribution in [3.63, 3.8) is 0 Å². The molecule has 0 fully saturated rings. The van der Waals surface area contributed by atoms with Gasteiger partial charge in [0.1, 0.15) is 11.3 Å². The highest BCUT2D eigenvalue weighted by molar-refractivity contribution is 8.13. The van der Waals surface area contributed by atoms with E-state index < -0.39 is 20.1 Å². The molecule has 84 valence electrons. The normalized spacial score (nSPS) is 11.5. The van der Waals surface area contributed by atoms with Crippen LogP contribution in [0.15, 0.2) is 9.51 Å². The molecule has 0 spiro atoms. The lowest BCUT2D eigenvalue weighted by molar-refractivity contribution is 0.0598. The lowest BCUT2D eigenvalue weighted by atomic mass is 10.2. The van der Waals surface area contributed by atoms with Gasteiger partial charge in [0, 0.05) is 16.2 Å². The van der Waals surface area contributed by atoms with Gasteiger partial charge in [-0.25, -0.2) is 13.2 Å². The van der Waals surface area contributed by atoms with Gasteiger partial charge in [0.15, 0.2) is 0 Å². The van der Waals surface area contributed by atoms with Crippen LogP contribution < -0.4 is 0 Å². The molecular formula is C8H9ClO5S. The Hall–Kier alpha value is -1.01. The third-order valence-corrected chi connectivity index (χ3v) is 3.14. The summed E-state index contributed by atoms with van der Waals surface area (Å²) >= 11 is 0. The van der Waals surface area contributed by atoms with E-state index in [4.69, 9.17) is 15.1 Å². The minimum absolute atomic E-state index is 0.0942. The number of carbonyl (C=O) groups excluding carboxylic acids is 1. The second-order valence-electron chi connectivity index (χ2n) is 2.88. The van der Waals surface area contributed by atoms with E-state index in [1.54, 1.807) is 0 Å². The van der Waals surface area contributed by atoms with Gasteiger partial charge in [-0.3, -0.25) is 0 Å². The molecule has 1 aromatic rings. The number of hydrogen-bond donors (Lipinski definition) is 0. The number of ether oxygens (including phenoxy) is 1. The van der Waals surface area contributed by atoms with Crippen LogP contribution in [-0.2, 0) is 13.8 Å². The molecule has 0 unspecified atom stereocenters. The van der Waals surface area contributed by atoms with Crippen molar-refractivity contribution in [3.8, 4) is 0 Å². The maximum Gasteiger partial charge on any atom is 0.341 e. The van der Waals surface area contributed by atoms with Crippen LogP contribution in [0.1, 0.15) is 21.7 Å². The molecule has 1 rings (SSSR count). The average Bonchev–Trinajstić information content (AvgIpc) is 2.40. The summed E-state index contributed by atoms with van der Waals surface area (Å²) in [6.07, 6.45) is 0. The Labute approximate surface area is 91.4 Å². The topological polar surface area (TPSA) is 73.6 Å². The quantitative estimate of drug-likeness (QED) is 0.591. The van der Waals surface area contributed by atoms with Gasteiger partial charge < -0.3 is 9.15 Å². The summed E-state index contributed by atoms with van der Waals surface area (Å²) < 4.78 is 31.5. The smallest absolute Gasteiger partial charge is 0.341 e. The van der Waals surface area contributed by atoms with Gasteiger partial charge in [-0.05, 0) is 13.8 Å². The molecule has 0 amide bonds. The van der Waals surface area contributed by atoms with Crippen molar-refractivity contribution < 1.29 is 22.4 Å². The highest BCUT2D eigenvalue weighted by Crippen LogP contribution is 2.28. The maximum absolute atomic E-state index is 11.3. The zero-order chi connectivity index (χ0) is 11.8. The highest BCUT2D eigenvalue weighted by atomic mass is 35.7. The summed E-state index contributed by atoms with van der Waals surface area (Å²) in [6.45, 7) is 2.89. The fraction of sp³-hybridized carbons (Fsp3) is 0.375. The predicted molar refractivity (Wildman–Crippen MR) is 52.6 cm³/mol. The molecule has 0 N–H and O–H groups in total. The van der Waals surface area contributed by atoms with Crippen molar-refractivity contribution >= 4 is 25.7 Å². The van der Waals surface area contributed by atoms with Crippen LogP contribution in [0.4, 0.5) is 0 Å². The fourth-order valence-electron chi connectivity index (χ4n) is 1.26. The largest absolute Gasteiger partial charge is 0.465 e. The van der Waals surface area contributed by atoms with E-state index in [-0.39, 0.29) is 16.9 Å². The fourth-order valence-corrected chi connectivity index (χ4v) is 2.40. The van der Waals surface area contributed by atoms with E-state index in [2.05, 4.69) is 4.74 Å². The van der Waals surface area contributed by atoms with Crippen LogP contribution in [0.25, 0.3) is 0 Å². The van der Waals surface area contributed by atoms with Gasteiger partial charge in [-0.2, -0.15) is 0 Å². The molecule has 1 heterocycles. The van der Waals surface area contributed by atoms with E-state index in [1.165, 1.54) is 21.0 Å². The third kappa shape index (κ3) is 2.15. The van der Waals surface area contributed by atoms with Crippen LogP contribution in [0.5, 0.6) is 0 Å². The van der Waals surface area contributed by atoms with E-state index >= 15 is 0 Å². The average molecular weight is 253 g/mol. The second kappa shape index (κ2) is 3.86.